The van der Waals surface area contributed by atoms with Crippen LogP contribution in [-0.2, 0) is 0 Å². The summed E-state index contributed by atoms with van der Waals surface area (Å²) in [5.41, 5.74) is -0.200. The number of anilines is 2. The van der Waals surface area contributed by atoms with Crippen molar-refractivity contribution >= 4 is 17.3 Å². The second-order valence-electron chi connectivity index (χ2n) is 8.98. The van der Waals surface area contributed by atoms with Gasteiger partial charge in [0.25, 0.3) is 0 Å². The molecule has 0 bridgehead atoms. The van der Waals surface area contributed by atoms with E-state index in [4.69, 9.17) is 10.5 Å². The fourth-order valence-corrected chi connectivity index (χ4v) is 4.12. The summed E-state index contributed by atoms with van der Waals surface area (Å²) in [6.07, 6.45) is 19.6. The Balaban J connectivity index is 2.33. The molecule has 1 heterocycles. The Morgan fingerprint density at radius 1 is 0.857 bits per heavy atom. The van der Waals surface area contributed by atoms with E-state index in [0.29, 0.717) is 6.54 Å². The van der Waals surface area contributed by atoms with Gasteiger partial charge in [-0.05, 0) is 6.42 Å². The molecule has 35 heavy (non-hydrogen) atoms. The lowest BCUT2D eigenvalue weighted by atomic mass is 10.0. The molecule has 0 saturated heterocycles. The Kier molecular flexibility index (Phi) is 17.6. The molecule has 0 saturated carbocycles. The Morgan fingerprint density at radius 3 is 1.80 bits per heavy atom. The fourth-order valence-electron chi connectivity index (χ4n) is 4.12. The van der Waals surface area contributed by atoms with Crippen LogP contribution >= 0.6 is 0 Å². The number of nitrogens with zero attached hydrogens (tertiary/aromatic N) is 6. The van der Waals surface area contributed by atoms with Gasteiger partial charge >= 0.3 is 5.69 Å². The monoisotopic (exact) mass is 485 g/mol. The van der Waals surface area contributed by atoms with Crippen LogP contribution in [0.5, 0.6) is 0 Å². The number of aromatic nitrogens is 2. The van der Waals surface area contributed by atoms with Crippen molar-refractivity contribution in [1.29, 1.82) is 10.5 Å². The number of hydrogen-bond acceptors (Lipinski definition) is 8. The SMILES string of the molecule is CCCCCCCCCCCCCCCCNc1ncnc(N(CCC#N)CCC#N)c1[N+](=O)[O-]. The highest BCUT2D eigenvalue weighted by molar-refractivity contribution is 5.70. The fraction of sp³-hybridized carbons (Fsp3) is 0.769. The molecule has 1 rings (SSSR count). The summed E-state index contributed by atoms with van der Waals surface area (Å²) >= 11 is 0. The third-order valence-corrected chi connectivity index (χ3v) is 6.09. The van der Waals surface area contributed by atoms with Crippen molar-refractivity contribution in [3.05, 3.63) is 16.4 Å². The lowest BCUT2D eigenvalue weighted by molar-refractivity contribution is -0.383. The third-order valence-electron chi connectivity index (χ3n) is 6.09. The molecule has 1 aromatic heterocycles. The van der Waals surface area contributed by atoms with Crippen molar-refractivity contribution in [3.63, 3.8) is 0 Å². The van der Waals surface area contributed by atoms with Gasteiger partial charge in [0, 0.05) is 19.6 Å². The summed E-state index contributed by atoms with van der Waals surface area (Å²) < 4.78 is 0. The van der Waals surface area contributed by atoms with Gasteiger partial charge in [-0.15, -0.1) is 0 Å². The standard InChI is InChI=1S/C26H43N7O2/c1-2-3-4-5-6-7-8-9-10-11-12-13-14-15-20-29-25-24(33(34)35)26(31-23-30-25)32(21-16-18-27)22-17-19-28/h23H,2-17,20-22H2,1H3,(H,29,30,31). The number of rotatable bonds is 22. The van der Waals surface area contributed by atoms with Gasteiger partial charge in [-0.2, -0.15) is 10.5 Å². The zero-order chi connectivity index (χ0) is 25.6. The average Bonchev–Trinajstić information content (AvgIpc) is 2.86. The second kappa shape index (κ2) is 20.4. The van der Waals surface area contributed by atoms with Gasteiger partial charge in [0.15, 0.2) is 0 Å². The number of unbranched alkanes of at least 4 members (excludes halogenated alkanes) is 13. The third kappa shape index (κ3) is 13.5. The van der Waals surface area contributed by atoms with Crippen LogP contribution < -0.4 is 10.2 Å². The van der Waals surface area contributed by atoms with Crippen molar-refractivity contribution in [2.45, 2.75) is 110 Å². The molecule has 9 heteroatoms. The number of nitrogens with one attached hydrogen (secondary N) is 1. The number of nitriles is 2. The average molecular weight is 486 g/mol. The predicted molar refractivity (Wildman–Crippen MR) is 140 cm³/mol. The maximum Gasteiger partial charge on any atom is 0.353 e. The van der Waals surface area contributed by atoms with Crippen LogP contribution in [0.3, 0.4) is 0 Å². The molecule has 0 radical (unpaired) electrons. The van der Waals surface area contributed by atoms with Crippen molar-refractivity contribution in [3.8, 4) is 12.1 Å². The Labute approximate surface area is 211 Å². The molecule has 0 aliphatic carbocycles. The zero-order valence-electron chi connectivity index (χ0n) is 21.5. The van der Waals surface area contributed by atoms with E-state index in [1.165, 1.54) is 83.4 Å². The highest BCUT2D eigenvalue weighted by Gasteiger charge is 2.26. The van der Waals surface area contributed by atoms with Crippen molar-refractivity contribution in [2.24, 2.45) is 0 Å². The van der Waals surface area contributed by atoms with E-state index in [1.807, 2.05) is 12.1 Å². The van der Waals surface area contributed by atoms with Crippen LogP contribution in [0.4, 0.5) is 17.3 Å². The van der Waals surface area contributed by atoms with Crippen molar-refractivity contribution in [1.82, 2.24) is 9.97 Å². The van der Waals surface area contributed by atoms with Crippen LogP contribution in [0.2, 0.25) is 0 Å². The molecular weight excluding hydrogens is 442 g/mol. The molecule has 1 aromatic rings. The summed E-state index contributed by atoms with van der Waals surface area (Å²) in [5.74, 6) is 0.340. The maximum atomic E-state index is 11.8. The summed E-state index contributed by atoms with van der Waals surface area (Å²) in [6.45, 7) is 3.40. The van der Waals surface area contributed by atoms with Crippen LogP contribution in [0.25, 0.3) is 0 Å². The van der Waals surface area contributed by atoms with Gasteiger partial charge in [0.1, 0.15) is 6.33 Å². The van der Waals surface area contributed by atoms with Crippen molar-refractivity contribution < 1.29 is 4.92 Å². The lowest BCUT2D eigenvalue weighted by Crippen LogP contribution is -2.27. The first kappa shape index (κ1) is 30.1. The van der Waals surface area contributed by atoms with E-state index in [2.05, 4.69) is 22.2 Å². The molecule has 0 fully saturated rings. The quantitative estimate of drug-likeness (QED) is 0.106. The Bertz CT molecular complexity index is 771. The summed E-state index contributed by atoms with van der Waals surface area (Å²) in [7, 11) is 0. The maximum absolute atomic E-state index is 11.8. The molecule has 0 unspecified atom stereocenters. The van der Waals surface area contributed by atoms with E-state index in [9.17, 15) is 10.1 Å². The molecule has 0 aliphatic rings. The van der Waals surface area contributed by atoms with Crippen LogP contribution in [0.15, 0.2) is 6.33 Å². The smallest absolute Gasteiger partial charge is 0.353 e. The Morgan fingerprint density at radius 2 is 1.34 bits per heavy atom. The van der Waals surface area contributed by atoms with Gasteiger partial charge in [0.05, 0.1) is 29.9 Å². The van der Waals surface area contributed by atoms with Gasteiger partial charge in [-0.3, -0.25) is 10.1 Å². The van der Waals surface area contributed by atoms with E-state index in [0.717, 1.165) is 12.8 Å². The minimum atomic E-state index is -0.491. The Hall–Kier alpha value is -2.94. The molecule has 9 nitrogen and oxygen atoms in total. The molecule has 194 valence electrons. The van der Waals surface area contributed by atoms with E-state index in [1.54, 1.807) is 4.90 Å². The molecule has 0 amide bonds. The van der Waals surface area contributed by atoms with Crippen LogP contribution in [-0.4, -0.2) is 34.5 Å². The molecule has 0 atom stereocenters. The second-order valence-corrected chi connectivity index (χ2v) is 8.98. The minimum absolute atomic E-state index is 0.152. The highest BCUT2D eigenvalue weighted by atomic mass is 16.6. The van der Waals surface area contributed by atoms with Gasteiger partial charge in [-0.25, -0.2) is 9.97 Å². The topological polar surface area (TPSA) is 132 Å². The number of nitro groups is 1. The number of hydrogen-bond donors (Lipinski definition) is 1. The van der Waals surface area contributed by atoms with Crippen LogP contribution in [0, 0.1) is 32.8 Å². The van der Waals surface area contributed by atoms with Gasteiger partial charge in [-0.1, -0.05) is 90.4 Å². The first-order valence-electron chi connectivity index (χ1n) is 13.4. The highest BCUT2D eigenvalue weighted by Crippen LogP contribution is 2.32. The largest absolute Gasteiger partial charge is 0.364 e. The van der Waals surface area contributed by atoms with E-state index >= 15 is 0 Å². The van der Waals surface area contributed by atoms with Gasteiger partial charge < -0.3 is 10.2 Å². The molecule has 1 N–H and O–H groups in total. The molecule has 0 spiro atoms. The first-order valence-corrected chi connectivity index (χ1v) is 13.4. The molecular formula is C26H43N7O2. The summed E-state index contributed by atoms with van der Waals surface area (Å²) in [6, 6.07) is 4.08. The lowest BCUT2D eigenvalue weighted by Gasteiger charge is -2.21. The first-order chi connectivity index (χ1) is 17.2. The zero-order valence-corrected chi connectivity index (χ0v) is 21.5. The van der Waals surface area contributed by atoms with Crippen LogP contribution in [0.1, 0.15) is 110 Å². The molecule has 0 aromatic carbocycles. The minimum Gasteiger partial charge on any atom is -0.364 e. The van der Waals surface area contributed by atoms with E-state index in [-0.39, 0.29) is 43.3 Å². The van der Waals surface area contributed by atoms with Gasteiger partial charge in [0.2, 0.25) is 11.6 Å². The van der Waals surface area contributed by atoms with Crippen molar-refractivity contribution in [2.75, 3.05) is 29.9 Å². The summed E-state index contributed by atoms with van der Waals surface area (Å²) in [4.78, 5) is 21.1. The predicted octanol–water partition coefficient (Wildman–Crippen LogP) is 6.91. The van der Waals surface area contributed by atoms with E-state index < -0.39 is 4.92 Å². The summed E-state index contributed by atoms with van der Waals surface area (Å²) in [5, 5.41) is 32.7. The molecule has 0 aliphatic heterocycles. The normalized spacial score (nSPS) is 10.5.